The smallest absolute Gasteiger partial charge is 0.354 e. The average molecular weight is 369 g/mol. The molecule has 2 aromatic rings. The fourth-order valence-electron chi connectivity index (χ4n) is 2.68. The summed E-state index contributed by atoms with van der Waals surface area (Å²) in [6.07, 6.45) is -3.29. The lowest BCUT2D eigenvalue weighted by Gasteiger charge is -2.20. The Labute approximate surface area is 149 Å². The molecule has 26 heavy (non-hydrogen) atoms. The molecule has 1 aromatic heterocycles. The summed E-state index contributed by atoms with van der Waals surface area (Å²) in [6.45, 7) is 7.31. The minimum absolute atomic E-state index is 0.0354. The Morgan fingerprint density at radius 3 is 2.46 bits per heavy atom. The molecule has 1 heterocycles. The highest BCUT2D eigenvalue weighted by molar-refractivity contribution is 5.84. The van der Waals surface area contributed by atoms with Crippen molar-refractivity contribution in [1.82, 2.24) is 14.9 Å². The molecule has 1 amide bonds. The second kappa shape index (κ2) is 7.47. The van der Waals surface area contributed by atoms with E-state index in [1.54, 1.807) is 19.9 Å². The van der Waals surface area contributed by atoms with Crippen LogP contribution in [0, 0.1) is 13.8 Å². The van der Waals surface area contributed by atoms with Crippen molar-refractivity contribution in [3.8, 4) is 0 Å². The minimum Gasteiger partial charge on any atom is -0.354 e. The van der Waals surface area contributed by atoms with Crippen LogP contribution in [-0.4, -0.2) is 22.0 Å². The Bertz CT molecular complexity index is 888. The Morgan fingerprint density at radius 1 is 1.27 bits per heavy atom. The first-order chi connectivity index (χ1) is 12.1. The molecule has 8 heteroatoms. The summed E-state index contributed by atoms with van der Waals surface area (Å²) >= 11 is 0. The highest BCUT2D eigenvalue weighted by Gasteiger charge is 2.38. The van der Waals surface area contributed by atoms with Crippen molar-refractivity contribution >= 4 is 16.9 Å². The van der Waals surface area contributed by atoms with Gasteiger partial charge in [-0.15, -0.1) is 0 Å². The number of carbonyl (C=O) groups excluding carboxylic acids is 1. The predicted octanol–water partition coefficient (Wildman–Crippen LogP) is 3.51. The molecular formula is C18H22F3N3O2. The normalized spacial score (nSPS) is 13.0. The van der Waals surface area contributed by atoms with Gasteiger partial charge in [0.1, 0.15) is 6.04 Å². The molecule has 0 aliphatic heterocycles. The molecule has 1 aromatic carbocycles. The lowest BCUT2D eigenvalue weighted by molar-refractivity contribution is -0.142. The van der Waals surface area contributed by atoms with Crippen molar-refractivity contribution in [2.45, 2.75) is 52.8 Å². The van der Waals surface area contributed by atoms with Crippen molar-refractivity contribution in [1.29, 1.82) is 0 Å². The van der Waals surface area contributed by atoms with Crippen LogP contribution in [0.25, 0.3) is 11.0 Å². The topological polar surface area (TPSA) is 64.0 Å². The number of rotatable bonds is 5. The van der Waals surface area contributed by atoms with Gasteiger partial charge in [0.25, 0.3) is 5.56 Å². The van der Waals surface area contributed by atoms with Crippen LogP contribution >= 0.6 is 0 Å². The molecule has 0 aliphatic rings. The van der Waals surface area contributed by atoms with Crippen LogP contribution in [0.4, 0.5) is 13.2 Å². The maximum absolute atomic E-state index is 13.3. The van der Waals surface area contributed by atoms with Gasteiger partial charge in [-0.3, -0.25) is 14.2 Å². The van der Waals surface area contributed by atoms with Crippen LogP contribution in [-0.2, 0) is 11.0 Å². The summed E-state index contributed by atoms with van der Waals surface area (Å²) in [5.41, 5.74) is -1.03. The number of nitrogens with zero attached hydrogens (tertiary/aromatic N) is 2. The number of nitrogens with one attached hydrogen (secondary N) is 1. The zero-order valence-electron chi connectivity index (χ0n) is 15.2. The predicted molar refractivity (Wildman–Crippen MR) is 93.1 cm³/mol. The molecule has 1 atom stereocenters. The van der Waals surface area contributed by atoms with Crippen LogP contribution in [0.5, 0.6) is 0 Å². The molecule has 0 bridgehead atoms. The van der Waals surface area contributed by atoms with E-state index in [2.05, 4.69) is 10.3 Å². The van der Waals surface area contributed by atoms with E-state index in [0.29, 0.717) is 6.54 Å². The number of carbonyl (C=O) groups is 1. The summed E-state index contributed by atoms with van der Waals surface area (Å²) in [7, 11) is 0. The molecule has 0 radical (unpaired) electrons. The summed E-state index contributed by atoms with van der Waals surface area (Å²) in [5, 5.41) is 2.66. The van der Waals surface area contributed by atoms with Gasteiger partial charge in [-0.05, 0) is 50.5 Å². The molecule has 0 fully saturated rings. The molecule has 1 unspecified atom stereocenters. The van der Waals surface area contributed by atoms with E-state index in [-0.39, 0.29) is 11.0 Å². The summed E-state index contributed by atoms with van der Waals surface area (Å²) < 4.78 is 40.7. The fraction of sp³-hybridized carbons (Fsp3) is 0.500. The Kier molecular flexibility index (Phi) is 5.73. The molecule has 1 N–H and O–H groups in total. The van der Waals surface area contributed by atoms with Gasteiger partial charge in [0.2, 0.25) is 11.6 Å². The van der Waals surface area contributed by atoms with Crippen molar-refractivity contribution in [3.05, 3.63) is 39.3 Å². The number of alkyl halides is 3. The molecule has 0 spiro atoms. The summed E-state index contributed by atoms with van der Waals surface area (Å²) in [6, 6.07) is 2.00. The highest BCUT2D eigenvalue weighted by atomic mass is 19.4. The van der Waals surface area contributed by atoms with Crippen LogP contribution < -0.4 is 10.9 Å². The van der Waals surface area contributed by atoms with E-state index in [1.165, 1.54) is 13.0 Å². The van der Waals surface area contributed by atoms with Crippen LogP contribution in [0.2, 0.25) is 0 Å². The number of unbranched alkanes of at least 4 members (excludes halogenated alkanes) is 1. The Balaban J connectivity index is 2.69. The lowest BCUT2D eigenvalue weighted by Crippen LogP contribution is -2.39. The number of hydrogen-bond donors (Lipinski definition) is 1. The minimum atomic E-state index is -4.90. The third-order valence-corrected chi connectivity index (χ3v) is 4.37. The lowest BCUT2D eigenvalue weighted by atomic mass is 10.1. The second-order valence-corrected chi connectivity index (χ2v) is 6.38. The first-order valence-corrected chi connectivity index (χ1v) is 8.46. The number of aromatic nitrogens is 2. The average Bonchev–Trinajstić information content (AvgIpc) is 2.54. The SMILES string of the molecule is CCCCNC(=O)C(C)n1c(=O)c(C(F)(F)F)nc2cc(C)c(C)cc21. The van der Waals surface area contributed by atoms with Crippen LogP contribution in [0.3, 0.4) is 0 Å². The number of benzene rings is 1. The first-order valence-electron chi connectivity index (χ1n) is 8.46. The quantitative estimate of drug-likeness (QED) is 0.821. The summed E-state index contributed by atoms with van der Waals surface area (Å²) in [5.74, 6) is -0.501. The maximum atomic E-state index is 13.3. The van der Waals surface area contributed by atoms with E-state index < -0.39 is 29.4 Å². The third-order valence-electron chi connectivity index (χ3n) is 4.37. The van der Waals surface area contributed by atoms with Crippen LogP contribution in [0.15, 0.2) is 16.9 Å². The van der Waals surface area contributed by atoms with Gasteiger partial charge in [0.05, 0.1) is 11.0 Å². The summed E-state index contributed by atoms with van der Waals surface area (Å²) in [4.78, 5) is 28.4. The van der Waals surface area contributed by atoms with E-state index in [4.69, 9.17) is 0 Å². The number of aryl methyl sites for hydroxylation is 2. The van der Waals surface area contributed by atoms with Gasteiger partial charge in [0.15, 0.2) is 0 Å². The number of fused-ring (bicyclic) bond motifs is 1. The van der Waals surface area contributed by atoms with Gasteiger partial charge >= 0.3 is 6.18 Å². The van der Waals surface area contributed by atoms with E-state index in [9.17, 15) is 22.8 Å². The van der Waals surface area contributed by atoms with Crippen molar-refractivity contribution < 1.29 is 18.0 Å². The number of hydrogen-bond acceptors (Lipinski definition) is 3. The molecule has 0 saturated carbocycles. The van der Waals surface area contributed by atoms with Gasteiger partial charge in [-0.2, -0.15) is 13.2 Å². The highest BCUT2D eigenvalue weighted by Crippen LogP contribution is 2.28. The van der Waals surface area contributed by atoms with E-state index >= 15 is 0 Å². The number of amides is 1. The molecule has 5 nitrogen and oxygen atoms in total. The van der Waals surface area contributed by atoms with Crippen molar-refractivity contribution in [3.63, 3.8) is 0 Å². The second-order valence-electron chi connectivity index (χ2n) is 6.38. The van der Waals surface area contributed by atoms with Crippen LogP contribution in [0.1, 0.15) is 49.6 Å². The van der Waals surface area contributed by atoms with Gasteiger partial charge in [-0.1, -0.05) is 13.3 Å². The fourth-order valence-corrected chi connectivity index (χ4v) is 2.68. The van der Waals surface area contributed by atoms with Crippen molar-refractivity contribution in [2.24, 2.45) is 0 Å². The Morgan fingerprint density at radius 2 is 1.88 bits per heavy atom. The Hall–Kier alpha value is -2.38. The zero-order valence-corrected chi connectivity index (χ0v) is 15.2. The van der Waals surface area contributed by atoms with Gasteiger partial charge in [0, 0.05) is 6.54 Å². The standard InChI is InChI=1S/C18H22F3N3O2/c1-5-6-7-22-16(25)12(4)24-14-9-11(3)10(2)8-13(14)23-15(17(24)26)18(19,20)21/h8-9,12H,5-7H2,1-4H3,(H,22,25). The zero-order chi connectivity index (χ0) is 19.6. The first kappa shape index (κ1) is 19.9. The molecule has 0 aliphatic carbocycles. The van der Waals surface area contributed by atoms with E-state index in [1.807, 2.05) is 6.92 Å². The molecule has 142 valence electrons. The van der Waals surface area contributed by atoms with E-state index in [0.717, 1.165) is 28.5 Å². The largest absolute Gasteiger partial charge is 0.438 e. The maximum Gasteiger partial charge on any atom is 0.438 e. The van der Waals surface area contributed by atoms with Gasteiger partial charge in [-0.25, -0.2) is 4.98 Å². The third kappa shape index (κ3) is 3.89. The monoisotopic (exact) mass is 369 g/mol. The number of halogens is 3. The molecule has 2 rings (SSSR count). The van der Waals surface area contributed by atoms with Crippen molar-refractivity contribution in [2.75, 3.05) is 6.54 Å². The molecular weight excluding hydrogens is 347 g/mol. The van der Waals surface area contributed by atoms with Gasteiger partial charge < -0.3 is 5.32 Å². The molecule has 0 saturated heterocycles.